The number of sulfonamides is 1. The summed E-state index contributed by atoms with van der Waals surface area (Å²) in [6.07, 6.45) is 0. The number of hydrogen-bond donors (Lipinski definition) is 1. The van der Waals surface area contributed by atoms with Crippen LogP contribution in [0.2, 0.25) is 10.0 Å². The zero-order chi connectivity index (χ0) is 15.6. The molecule has 7 heteroatoms. The highest BCUT2D eigenvalue weighted by atomic mass is 35.5. The zero-order valence-corrected chi connectivity index (χ0v) is 13.2. The van der Waals surface area contributed by atoms with Gasteiger partial charge in [-0.05, 0) is 36.8 Å². The molecule has 1 N–H and O–H groups in total. The molecule has 2 aromatic carbocycles. The van der Waals surface area contributed by atoms with E-state index in [0.29, 0.717) is 5.56 Å². The third-order valence-electron chi connectivity index (χ3n) is 2.78. The Morgan fingerprint density at radius 1 is 1.14 bits per heavy atom. The van der Waals surface area contributed by atoms with E-state index >= 15 is 0 Å². The van der Waals surface area contributed by atoms with Crippen LogP contribution in [0.3, 0.4) is 0 Å². The maximum atomic E-state index is 12.3. The number of nitriles is 1. The third-order valence-corrected chi connectivity index (χ3v) is 4.56. The van der Waals surface area contributed by atoms with Gasteiger partial charge < -0.3 is 0 Å². The summed E-state index contributed by atoms with van der Waals surface area (Å²) in [7, 11) is -3.88. The number of nitrogens with zero attached hydrogens (tertiary/aromatic N) is 1. The topological polar surface area (TPSA) is 70.0 Å². The molecular weight excluding hydrogens is 331 g/mol. The molecule has 0 aromatic heterocycles. The molecule has 0 saturated heterocycles. The van der Waals surface area contributed by atoms with Crippen molar-refractivity contribution in [3.8, 4) is 6.07 Å². The van der Waals surface area contributed by atoms with Gasteiger partial charge in [0.1, 0.15) is 6.07 Å². The van der Waals surface area contributed by atoms with Crippen LogP contribution in [-0.2, 0) is 10.0 Å². The highest BCUT2D eigenvalue weighted by Gasteiger charge is 2.18. The van der Waals surface area contributed by atoms with Crippen molar-refractivity contribution in [2.24, 2.45) is 0 Å². The predicted octanol–water partition coefficient (Wildman–Crippen LogP) is 3.97. The van der Waals surface area contributed by atoms with Crippen LogP contribution in [-0.4, -0.2) is 8.42 Å². The minimum atomic E-state index is -3.88. The smallest absolute Gasteiger partial charge is 0.262 e. The molecule has 4 nitrogen and oxygen atoms in total. The summed E-state index contributed by atoms with van der Waals surface area (Å²) in [5.74, 6) is 0. The monoisotopic (exact) mass is 340 g/mol. The second-order valence-corrected chi connectivity index (χ2v) is 6.88. The summed E-state index contributed by atoms with van der Waals surface area (Å²) in [4.78, 5) is -0.0644. The molecule has 0 aliphatic rings. The van der Waals surface area contributed by atoms with Gasteiger partial charge in [-0.15, -0.1) is 0 Å². The minimum Gasteiger partial charge on any atom is -0.278 e. The molecule has 0 unspecified atom stereocenters. The minimum absolute atomic E-state index is 0.0644. The maximum absolute atomic E-state index is 12.3. The standard InChI is InChI=1S/C14H10Cl2N2O2S/c1-9-3-2-4-14(13(9)8-17)18-21(19,20)12-6-10(15)5-11(16)7-12/h2-7,18H,1H3. The number of aryl methyl sites for hydroxylation is 1. The SMILES string of the molecule is Cc1cccc(NS(=O)(=O)c2cc(Cl)cc(Cl)c2)c1C#N. The lowest BCUT2D eigenvalue weighted by Crippen LogP contribution is -2.14. The van der Waals surface area contributed by atoms with Gasteiger partial charge in [-0.25, -0.2) is 8.42 Å². The van der Waals surface area contributed by atoms with Gasteiger partial charge in [0, 0.05) is 10.0 Å². The van der Waals surface area contributed by atoms with Crippen LogP contribution in [0.15, 0.2) is 41.3 Å². The number of rotatable bonds is 3. The van der Waals surface area contributed by atoms with Crippen LogP contribution in [0, 0.1) is 18.3 Å². The third kappa shape index (κ3) is 3.48. The quantitative estimate of drug-likeness (QED) is 0.918. The van der Waals surface area contributed by atoms with Crippen molar-refractivity contribution in [1.29, 1.82) is 5.26 Å². The van der Waals surface area contributed by atoms with Crippen molar-refractivity contribution in [2.45, 2.75) is 11.8 Å². The van der Waals surface area contributed by atoms with E-state index in [1.165, 1.54) is 24.3 Å². The zero-order valence-electron chi connectivity index (χ0n) is 10.9. The van der Waals surface area contributed by atoms with Gasteiger partial charge in [-0.1, -0.05) is 35.3 Å². The Kier molecular flexibility index (Phi) is 4.43. The Bertz CT molecular complexity index is 822. The van der Waals surface area contributed by atoms with E-state index in [0.717, 1.165) is 0 Å². The first kappa shape index (κ1) is 15.6. The number of benzene rings is 2. The lowest BCUT2D eigenvalue weighted by molar-refractivity contribution is 0.601. The second-order valence-electron chi connectivity index (χ2n) is 4.32. The molecule has 2 aromatic rings. The summed E-state index contributed by atoms with van der Waals surface area (Å²) in [5.41, 5.74) is 1.17. The Labute approximate surface area is 133 Å². The van der Waals surface area contributed by atoms with Crippen molar-refractivity contribution in [3.05, 3.63) is 57.6 Å². The van der Waals surface area contributed by atoms with Crippen molar-refractivity contribution < 1.29 is 8.42 Å². The van der Waals surface area contributed by atoms with Crippen LogP contribution in [0.25, 0.3) is 0 Å². The van der Waals surface area contributed by atoms with Crippen LogP contribution < -0.4 is 4.72 Å². The van der Waals surface area contributed by atoms with Gasteiger partial charge in [0.2, 0.25) is 0 Å². The van der Waals surface area contributed by atoms with Crippen LogP contribution in [0.4, 0.5) is 5.69 Å². The van der Waals surface area contributed by atoms with E-state index in [4.69, 9.17) is 28.5 Å². The summed E-state index contributed by atoms with van der Waals surface area (Å²) in [5, 5.41) is 9.56. The van der Waals surface area contributed by atoms with Gasteiger partial charge in [-0.3, -0.25) is 4.72 Å². The summed E-state index contributed by atoms with van der Waals surface area (Å²) >= 11 is 11.6. The molecule has 108 valence electrons. The fourth-order valence-electron chi connectivity index (χ4n) is 1.79. The Balaban J connectivity index is 2.48. The van der Waals surface area contributed by atoms with E-state index in [2.05, 4.69) is 4.72 Å². The first-order valence-corrected chi connectivity index (χ1v) is 8.06. The second kappa shape index (κ2) is 5.94. The van der Waals surface area contributed by atoms with Crippen LogP contribution >= 0.6 is 23.2 Å². The van der Waals surface area contributed by atoms with E-state index in [1.54, 1.807) is 19.1 Å². The molecule has 0 spiro atoms. The molecule has 0 saturated carbocycles. The summed E-state index contributed by atoms with van der Waals surface area (Å²) in [6, 6.07) is 10.9. The number of anilines is 1. The van der Waals surface area contributed by atoms with E-state index < -0.39 is 10.0 Å². The Morgan fingerprint density at radius 2 is 1.76 bits per heavy atom. The number of hydrogen-bond acceptors (Lipinski definition) is 3. The lowest BCUT2D eigenvalue weighted by Gasteiger charge is -2.11. The fraction of sp³-hybridized carbons (Fsp3) is 0.0714. The Hall–Kier alpha value is -1.74. The maximum Gasteiger partial charge on any atom is 0.262 e. The molecular formula is C14H10Cl2N2O2S. The molecule has 2 rings (SSSR count). The highest BCUT2D eigenvalue weighted by Crippen LogP contribution is 2.26. The van der Waals surface area contributed by atoms with Crippen molar-refractivity contribution >= 4 is 38.9 Å². The van der Waals surface area contributed by atoms with Crippen LogP contribution in [0.1, 0.15) is 11.1 Å². The molecule has 0 heterocycles. The summed E-state index contributed by atoms with van der Waals surface area (Å²) in [6.45, 7) is 1.73. The fourth-order valence-corrected chi connectivity index (χ4v) is 3.59. The lowest BCUT2D eigenvalue weighted by atomic mass is 10.1. The average molecular weight is 341 g/mol. The van der Waals surface area contributed by atoms with E-state index in [-0.39, 0.29) is 26.2 Å². The first-order valence-electron chi connectivity index (χ1n) is 5.82. The largest absolute Gasteiger partial charge is 0.278 e. The van der Waals surface area contributed by atoms with Crippen molar-refractivity contribution in [1.82, 2.24) is 0 Å². The molecule has 0 fully saturated rings. The van der Waals surface area contributed by atoms with Gasteiger partial charge in [-0.2, -0.15) is 5.26 Å². The molecule has 0 aliphatic heterocycles. The first-order chi connectivity index (χ1) is 9.83. The number of halogens is 2. The van der Waals surface area contributed by atoms with Gasteiger partial charge >= 0.3 is 0 Å². The van der Waals surface area contributed by atoms with Gasteiger partial charge in [0.05, 0.1) is 16.1 Å². The van der Waals surface area contributed by atoms with Crippen molar-refractivity contribution in [2.75, 3.05) is 4.72 Å². The van der Waals surface area contributed by atoms with Crippen molar-refractivity contribution in [3.63, 3.8) is 0 Å². The molecule has 0 radical (unpaired) electrons. The van der Waals surface area contributed by atoms with E-state index in [1.807, 2.05) is 6.07 Å². The molecule has 21 heavy (non-hydrogen) atoms. The van der Waals surface area contributed by atoms with Gasteiger partial charge in [0.15, 0.2) is 0 Å². The molecule has 0 amide bonds. The molecule has 0 atom stereocenters. The van der Waals surface area contributed by atoms with E-state index in [9.17, 15) is 8.42 Å². The Morgan fingerprint density at radius 3 is 2.33 bits per heavy atom. The van der Waals surface area contributed by atoms with Crippen LogP contribution in [0.5, 0.6) is 0 Å². The summed E-state index contributed by atoms with van der Waals surface area (Å²) < 4.78 is 27.1. The number of nitrogens with one attached hydrogen (secondary N) is 1. The normalized spacial score (nSPS) is 11.0. The highest BCUT2D eigenvalue weighted by molar-refractivity contribution is 7.92. The van der Waals surface area contributed by atoms with Gasteiger partial charge in [0.25, 0.3) is 10.0 Å². The average Bonchev–Trinajstić information content (AvgIpc) is 2.37. The predicted molar refractivity (Wildman–Crippen MR) is 83.2 cm³/mol. The molecule has 0 bridgehead atoms. The molecule has 0 aliphatic carbocycles.